The fourth-order valence-electron chi connectivity index (χ4n) is 1.78. The van der Waals surface area contributed by atoms with Gasteiger partial charge in [-0.2, -0.15) is 0 Å². The molecule has 0 aliphatic carbocycles. The third-order valence-electron chi connectivity index (χ3n) is 2.82. The van der Waals surface area contributed by atoms with Crippen molar-refractivity contribution in [3.8, 4) is 0 Å². The van der Waals surface area contributed by atoms with Crippen LogP contribution in [0.1, 0.15) is 10.4 Å². The van der Waals surface area contributed by atoms with E-state index in [4.69, 9.17) is 17.3 Å². The molecule has 1 amide bonds. The Kier molecular flexibility index (Phi) is 4.30. The lowest BCUT2D eigenvalue weighted by Crippen LogP contribution is -2.27. The monoisotopic (exact) mass is 356 g/mol. The summed E-state index contributed by atoms with van der Waals surface area (Å²) in [6.07, 6.45) is 0. The molecule has 104 valence electrons. The lowest BCUT2D eigenvalue weighted by atomic mass is 10.1. The minimum Gasteiger partial charge on any atom is -0.397 e. The summed E-state index contributed by atoms with van der Waals surface area (Å²) in [7, 11) is 1.54. The van der Waals surface area contributed by atoms with Crippen LogP contribution in [0.5, 0.6) is 0 Å². The van der Waals surface area contributed by atoms with Crippen LogP contribution in [0.25, 0.3) is 0 Å². The standard InChI is InChI=1S/C14H11BrClFN2O/c1-19(13-5-2-8(15)6-12(13)18)14(20)10-4-3-9(16)7-11(10)17/h2-7H,18H2,1H3. The number of nitrogens with zero attached hydrogens (tertiary/aromatic N) is 1. The molecule has 6 heteroatoms. The third-order valence-corrected chi connectivity index (χ3v) is 3.55. The maximum atomic E-state index is 13.8. The number of amides is 1. The quantitative estimate of drug-likeness (QED) is 0.823. The van der Waals surface area contributed by atoms with E-state index < -0.39 is 11.7 Å². The predicted molar refractivity (Wildman–Crippen MR) is 82.7 cm³/mol. The molecule has 0 aliphatic rings. The van der Waals surface area contributed by atoms with Gasteiger partial charge >= 0.3 is 0 Å². The summed E-state index contributed by atoms with van der Waals surface area (Å²) >= 11 is 8.96. The zero-order valence-corrected chi connectivity index (χ0v) is 12.9. The zero-order chi connectivity index (χ0) is 14.9. The van der Waals surface area contributed by atoms with Gasteiger partial charge in [-0.25, -0.2) is 4.39 Å². The molecule has 0 radical (unpaired) electrons. The molecule has 0 spiro atoms. The van der Waals surface area contributed by atoms with Gasteiger partial charge in [0.05, 0.1) is 16.9 Å². The van der Waals surface area contributed by atoms with Gasteiger partial charge in [0.1, 0.15) is 5.82 Å². The Morgan fingerprint density at radius 2 is 2.00 bits per heavy atom. The highest BCUT2D eigenvalue weighted by molar-refractivity contribution is 9.10. The first-order valence-electron chi connectivity index (χ1n) is 5.68. The van der Waals surface area contributed by atoms with E-state index in [2.05, 4.69) is 15.9 Å². The second kappa shape index (κ2) is 5.81. The molecule has 0 heterocycles. The van der Waals surface area contributed by atoms with Crippen molar-refractivity contribution in [1.29, 1.82) is 0 Å². The van der Waals surface area contributed by atoms with E-state index >= 15 is 0 Å². The maximum Gasteiger partial charge on any atom is 0.261 e. The molecule has 0 saturated carbocycles. The lowest BCUT2D eigenvalue weighted by Gasteiger charge is -2.19. The number of anilines is 2. The molecule has 0 saturated heterocycles. The van der Waals surface area contributed by atoms with E-state index in [0.29, 0.717) is 11.4 Å². The van der Waals surface area contributed by atoms with Crippen LogP contribution < -0.4 is 10.6 Å². The number of hydrogen-bond acceptors (Lipinski definition) is 2. The SMILES string of the molecule is CN(C(=O)c1ccc(Cl)cc1F)c1ccc(Br)cc1N. The fourth-order valence-corrected chi connectivity index (χ4v) is 2.32. The van der Waals surface area contributed by atoms with Crippen molar-refractivity contribution in [3.05, 3.63) is 57.3 Å². The minimum atomic E-state index is -0.662. The van der Waals surface area contributed by atoms with E-state index in [1.54, 1.807) is 18.2 Å². The van der Waals surface area contributed by atoms with Crippen LogP contribution in [0.4, 0.5) is 15.8 Å². The van der Waals surface area contributed by atoms with Crippen molar-refractivity contribution < 1.29 is 9.18 Å². The Labute approximate surface area is 129 Å². The van der Waals surface area contributed by atoms with Crippen molar-refractivity contribution >= 4 is 44.8 Å². The van der Waals surface area contributed by atoms with Crippen molar-refractivity contribution in [1.82, 2.24) is 0 Å². The highest BCUT2D eigenvalue weighted by Crippen LogP contribution is 2.27. The van der Waals surface area contributed by atoms with Gasteiger partial charge in [-0.1, -0.05) is 27.5 Å². The smallest absolute Gasteiger partial charge is 0.261 e. The molecule has 0 aromatic heterocycles. The molecule has 0 atom stereocenters. The van der Waals surface area contributed by atoms with Crippen molar-refractivity contribution in [2.75, 3.05) is 17.7 Å². The Bertz CT molecular complexity index is 678. The van der Waals surface area contributed by atoms with Gasteiger partial charge in [-0.3, -0.25) is 4.79 Å². The van der Waals surface area contributed by atoms with Gasteiger partial charge < -0.3 is 10.6 Å². The second-order valence-corrected chi connectivity index (χ2v) is 5.54. The molecule has 0 unspecified atom stereocenters. The van der Waals surface area contributed by atoms with E-state index in [0.717, 1.165) is 10.5 Å². The topological polar surface area (TPSA) is 46.3 Å². The second-order valence-electron chi connectivity index (χ2n) is 4.19. The number of carbonyl (C=O) groups excluding carboxylic acids is 1. The van der Waals surface area contributed by atoms with E-state index in [9.17, 15) is 9.18 Å². The van der Waals surface area contributed by atoms with Crippen LogP contribution in [0, 0.1) is 5.82 Å². The number of halogens is 3. The Morgan fingerprint density at radius 1 is 1.30 bits per heavy atom. The number of nitrogen functional groups attached to an aromatic ring is 1. The molecule has 3 nitrogen and oxygen atoms in total. The number of nitrogens with two attached hydrogens (primary N) is 1. The van der Waals surface area contributed by atoms with Crippen LogP contribution in [-0.2, 0) is 0 Å². The Balaban J connectivity index is 2.37. The fraction of sp³-hybridized carbons (Fsp3) is 0.0714. The third kappa shape index (κ3) is 2.94. The highest BCUT2D eigenvalue weighted by Gasteiger charge is 2.19. The molecule has 2 aromatic rings. The summed E-state index contributed by atoms with van der Waals surface area (Å²) in [6.45, 7) is 0. The summed E-state index contributed by atoms with van der Waals surface area (Å²) in [6, 6.07) is 9.05. The number of rotatable bonds is 2. The first kappa shape index (κ1) is 14.8. The van der Waals surface area contributed by atoms with Crippen LogP contribution >= 0.6 is 27.5 Å². The Morgan fingerprint density at radius 3 is 2.60 bits per heavy atom. The van der Waals surface area contributed by atoms with E-state index in [-0.39, 0.29) is 10.6 Å². The highest BCUT2D eigenvalue weighted by atomic mass is 79.9. The minimum absolute atomic E-state index is 0.0563. The van der Waals surface area contributed by atoms with Gasteiger partial charge in [0.25, 0.3) is 5.91 Å². The molecule has 2 rings (SSSR count). The van der Waals surface area contributed by atoms with Gasteiger partial charge in [-0.15, -0.1) is 0 Å². The molecule has 0 fully saturated rings. The largest absolute Gasteiger partial charge is 0.397 e. The van der Waals surface area contributed by atoms with Gasteiger partial charge in [0.15, 0.2) is 0 Å². The molecule has 2 aromatic carbocycles. The first-order chi connectivity index (χ1) is 9.40. The van der Waals surface area contributed by atoms with Crippen molar-refractivity contribution in [2.24, 2.45) is 0 Å². The Hall–Kier alpha value is -1.59. The molecule has 0 aliphatic heterocycles. The van der Waals surface area contributed by atoms with E-state index in [1.807, 2.05) is 0 Å². The van der Waals surface area contributed by atoms with Gasteiger partial charge in [0.2, 0.25) is 0 Å². The average molecular weight is 358 g/mol. The van der Waals surface area contributed by atoms with Crippen LogP contribution in [0.2, 0.25) is 5.02 Å². The number of benzene rings is 2. The summed E-state index contributed by atoms with van der Waals surface area (Å²) in [5.74, 6) is -1.15. The van der Waals surface area contributed by atoms with E-state index in [1.165, 1.54) is 24.1 Å². The van der Waals surface area contributed by atoms with Gasteiger partial charge in [-0.05, 0) is 36.4 Å². The van der Waals surface area contributed by atoms with Gasteiger partial charge in [0, 0.05) is 16.5 Å². The molecular weight excluding hydrogens is 347 g/mol. The lowest BCUT2D eigenvalue weighted by molar-refractivity contribution is 0.0989. The first-order valence-corrected chi connectivity index (χ1v) is 6.85. The predicted octanol–water partition coefficient (Wildman–Crippen LogP) is 4.10. The van der Waals surface area contributed by atoms with Crippen LogP contribution in [0.15, 0.2) is 40.9 Å². The van der Waals surface area contributed by atoms with Crippen LogP contribution in [0.3, 0.4) is 0 Å². The zero-order valence-electron chi connectivity index (χ0n) is 10.5. The number of hydrogen-bond donors (Lipinski definition) is 1. The maximum absolute atomic E-state index is 13.8. The normalized spacial score (nSPS) is 10.4. The average Bonchev–Trinajstić information content (AvgIpc) is 2.37. The van der Waals surface area contributed by atoms with Crippen molar-refractivity contribution in [2.45, 2.75) is 0 Å². The summed E-state index contributed by atoms with van der Waals surface area (Å²) in [5.41, 5.74) is 6.73. The summed E-state index contributed by atoms with van der Waals surface area (Å²) < 4.78 is 14.6. The van der Waals surface area contributed by atoms with Crippen molar-refractivity contribution in [3.63, 3.8) is 0 Å². The summed E-state index contributed by atoms with van der Waals surface area (Å²) in [4.78, 5) is 13.6. The molecule has 20 heavy (non-hydrogen) atoms. The summed E-state index contributed by atoms with van der Waals surface area (Å²) in [5, 5.41) is 0.241. The molecular formula is C14H11BrClFN2O. The molecule has 0 bridgehead atoms. The van der Waals surface area contributed by atoms with Crippen LogP contribution in [-0.4, -0.2) is 13.0 Å². The molecule has 2 N–H and O–H groups in total. The number of carbonyl (C=O) groups is 1.